The average molecular weight is 600 g/mol. The minimum atomic E-state index is -0.384. The van der Waals surface area contributed by atoms with Crippen molar-refractivity contribution >= 4 is 29.1 Å². The van der Waals surface area contributed by atoms with Crippen LogP contribution >= 0.6 is 0 Å². The molecule has 0 aliphatic carbocycles. The van der Waals surface area contributed by atoms with Crippen LogP contribution in [0.5, 0.6) is 5.75 Å². The van der Waals surface area contributed by atoms with Crippen LogP contribution in [0.1, 0.15) is 86.4 Å². The maximum Gasteiger partial charge on any atom is 0.259 e. The van der Waals surface area contributed by atoms with E-state index in [4.69, 9.17) is 4.74 Å². The fraction of sp³-hybridized carbons (Fsp3) is 0.429. The number of methoxy groups -OCH3 is 1. The highest BCUT2D eigenvalue weighted by molar-refractivity contribution is 6.09. The van der Waals surface area contributed by atoms with Gasteiger partial charge in [-0.25, -0.2) is 0 Å². The molecule has 1 atom stereocenters. The summed E-state index contributed by atoms with van der Waals surface area (Å²) in [4.78, 5) is 43.9. The van der Waals surface area contributed by atoms with Crippen LogP contribution in [0.25, 0.3) is 11.1 Å². The molecule has 234 valence electrons. The summed E-state index contributed by atoms with van der Waals surface area (Å²) in [6, 6.07) is 12.6. The second-order valence-corrected chi connectivity index (χ2v) is 13.6. The number of nitrogens with zero attached hydrogens (tertiary/aromatic N) is 1. The molecule has 4 rings (SSSR count). The van der Waals surface area contributed by atoms with E-state index >= 15 is 0 Å². The summed E-state index contributed by atoms with van der Waals surface area (Å²) >= 11 is 0. The fourth-order valence-corrected chi connectivity index (χ4v) is 5.01. The van der Waals surface area contributed by atoms with Gasteiger partial charge in [-0.15, -0.1) is 0 Å². The molecule has 3 aromatic rings. The van der Waals surface area contributed by atoms with Crippen molar-refractivity contribution in [3.05, 3.63) is 71.0 Å². The van der Waals surface area contributed by atoms with Gasteiger partial charge in [-0.1, -0.05) is 53.7 Å². The van der Waals surface area contributed by atoms with Crippen LogP contribution in [0.3, 0.4) is 0 Å². The summed E-state index contributed by atoms with van der Waals surface area (Å²) in [5.41, 5.74) is 4.91. The van der Waals surface area contributed by atoms with E-state index in [1.54, 1.807) is 18.3 Å². The summed E-state index contributed by atoms with van der Waals surface area (Å²) in [5, 5.41) is 12.2. The number of aryl methyl sites for hydroxylation is 1. The molecule has 0 bridgehead atoms. The second-order valence-electron chi connectivity index (χ2n) is 13.6. The molecule has 4 N–H and O–H groups in total. The lowest BCUT2D eigenvalue weighted by atomic mass is 9.85. The van der Waals surface area contributed by atoms with Gasteiger partial charge in [0.25, 0.3) is 11.8 Å². The summed E-state index contributed by atoms with van der Waals surface area (Å²) in [5.74, 6) is -0.362. The molecule has 3 amide bonds. The average Bonchev–Trinajstić information content (AvgIpc) is 3.51. The van der Waals surface area contributed by atoms with Crippen molar-refractivity contribution in [1.82, 2.24) is 15.6 Å². The number of carbonyl (C=O) groups is 3. The second kappa shape index (κ2) is 13.2. The number of hydrogen-bond acceptors (Lipinski definition) is 6. The van der Waals surface area contributed by atoms with Crippen molar-refractivity contribution in [3.63, 3.8) is 0 Å². The fourth-order valence-electron chi connectivity index (χ4n) is 5.01. The zero-order chi connectivity index (χ0) is 32.2. The third-order valence-corrected chi connectivity index (χ3v) is 7.62. The topological polar surface area (TPSA) is 121 Å². The van der Waals surface area contributed by atoms with Gasteiger partial charge >= 0.3 is 0 Å². The van der Waals surface area contributed by atoms with Gasteiger partial charge in [0.15, 0.2) is 5.75 Å². The SMILES string of the molecule is COc1c(NC(=O)[C@H]2CCCN2)cc(C(C)(C)C)cc1C(=O)Nc1cnc(C)c(-c2ccc(C(=O)NCC(C)(C)C)cc2)c1. The Labute approximate surface area is 260 Å². The number of amides is 3. The molecule has 0 unspecified atom stereocenters. The van der Waals surface area contributed by atoms with Crippen LogP contribution in [0.15, 0.2) is 48.7 Å². The van der Waals surface area contributed by atoms with E-state index in [1.165, 1.54) is 7.11 Å². The molecule has 0 saturated carbocycles. The summed E-state index contributed by atoms with van der Waals surface area (Å²) < 4.78 is 5.70. The largest absolute Gasteiger partial charge is 0.494 e. The Morgan fingerprint density at radius 3 is 2.27 bits per heavy atom. The van der Waals surface area contributed by atoms with Crippen molar-refractivity contribution < 1.29 is 19.1 Å². The van der Waals surface area contributed by atoms with Gasteiger partial charge in [-0.05, 0) is 78.6 Å². The van der Waals surface area contributed by atoms with E-state index in [1.807, 2.05) is 37.3 Å². The molecule has 1 saturated heterocycles. The molecule has 44 heavy (non-hydrogen) atoms. The molecule has 1 aliphatic rings. The van der Waals surface area contributed by atoms with Gasteiger partial charge in [-0.3, -0.25) is 19.4 Å². The number of rotatable bonds is 8. The van der Waals surface area contributed by atoms with Crippen LogP contribution in [0.4, 0.5) is 11.4 Å². The van der Waals surface area contributed by atoms with Crippen molar-refractivity contribution in [2.45, 2.75) is 72.8 Å². The molecule has 1 aliphatic heterocycles. The zero-order valence-electron chi connectivity index (χ0n) is 27.1. The zero-order valence-corrected chi connectivity index (χ0v) is 27.1. The number of nitrogens with one attached hydrogen (secondary N) is 4. The maximum atomic E-state index is 13.8. The third-order valence-electron chi connectivity index (χ3n) is 7.62. The number of hydrogen-bond donors (Lipinski definition) is 4. The van der Waals surface area contributed by atoms with Gasteiger partial charge in [0.2, 0.25) is 5.91 Å². The van der Waals surface area contributed by atoms with E-state index < -0.39 is 0 Å². The lowest BCUT2D eigenvalue weighted by molar-refractivity contribution is -0.117. The quantitative estimate of drug-likeness (QED) is 0.249. The van der Waals surface area contributed by atoms with Gasteiger partial charge in [0, 0.05) is 23.4 Å². The number of pyridine rings is 1. The van der Waals surface area contributed by atoms with Gasteiger partial charge < -0.3 is 26.0 Å². The minimum absolute atomic E-state index is 0.0101. The Morgan fingerprint density at radius 2 is 1.68 bits per heavy atom. The van der Waals surface area contributed by atoms with Crippen molar-refractivity contribution in [1.29, 1.82) is 0 Å². The Morgan fingerprint density at radius 1 is 0.977 bits per heavy atom. The summed E-state index contributed by atoms with van der Waals surface area (Å²) in [6.45, 7) is 15.6. The van der Waals surface area contributed by atoms with E-state index in [2.05, 4.69) is 67.8 Å². The minimum Gasteiger partial charge on any atom is -0.494 e. The first-order valence-corrected chi connectivity index (χ1v) is 15.1. The molecule has 0 spiro atoms. The number of benzene rings is 2. The highest BCUT2D eigenvalue weighted by Gasteiger charge is 2.27. The van der Waals surface area contributed by atoms with Crippen LogP contribution in [-0.4, -0.2) is 48.9 Å². The monoisotopic (exact) mass is 599 g/mol. The molecule has 9 nitrogen and oxygen atoms in total. The maximum absolute atomic E-state index is 13.8. The number of aromatic nitrogens is 1. The first kappa shape index (κ1) is 32.7. The lowest BCUT2D eigenvalue weighted by Crippen LogP contribution is -2.35. The standard InChI is InChI=1S/C35H45N5O4/c1-21-26(22-11-13-23(14-12-22)31(41)38-20-34(2,3)4)18-25(19-37-21)39-32(42)27-16-24(35(5,6)7)17-29(30(27)44-8)40-33(43)28-10-9-15-36-28/h11-14,16-19,28,36H,9-10,15,20H2,1-8H3,(H,38,41)(H,39,42)(H,40,43)/t28-/m1/s1. The number of carbonyl (C=O) groups excluding carboxylic acids is 3. The van der Waals surface area contributed by atoms with Crippen molar-refractivity contribution in [3.8, 4) is 16.9 Å². The summed E-state index contributed by atoms with van der Waals surface area (Å²) in [7, 11) is 1.49. The third kappa shape index (κ3) is 8.02. The van der Waals surface area contributed by atoms with Crippen LogP contribution in [0.2, 0.25) is 0 Å². The predicted molar refractivity (Wildman–Crippen MR) is 175 cm³/mol. The Balaban J connectivity index is 1.60. The Hall–Kier alpha value is -4.24. The number of anilines is 2. The van der Waals surface area contributed by atoms with Gasteiger partial charge in [-0.2, -0.15) is 0 Å². The molecule has 9 heteroatoms. The van der Waals surface area contributed by atoms with Gasteiger partial charge in [0.1, 0.15) is 0 Å². The molecule has 2 heterocycles. The molecule has 2 aromatic carbocycles. The summed E-state index contributed by atoms with van der Waals surface area (Å²) in [6.07, 6.45) is 3.31. The molecule has 1 fully saturated rings. The van der Waals surface area contributed by atoms with E-state index in [0.29, 0.717) is 34.8 Å². The number of ether oxygens (including phenoxy) is 1. The Bertz CT molecular complexity index is 1530. The van der Waals surface area contributed by atoms with Crippen LogP contribution < -0.4 is 26.0 Å². The van der Waals surface area contributed by atoms with Crippen LogP contribution in [0, 0.1) is 12.3 Å². The molecular formula is C35H45N5O4. The van der Waals surface area contributed by atoms with Crippen molar-refractivity contribution in [2.75, 3.05) is 30.8 Å². The Kier molecular flexibility index (Phi) is 9.78. The lowest BCUT2D eigenvalue weighted by Gasteiger charge is -2.24. The molecule has 0 radical (unpaired) electrons. The van der Waals surface area contributed by atoms with Crippen LogP contribution in [-0.2, 0) is 10.2 Å². The van der Waals surface area contributed by atoms with E-state index in [9.17, 15) is 14.4 Å². The van der Waals surface area contributed by atoms with Gasteiger partial charge in [0.05, 0.1) is 36.3 Å². The highest BCUT2D eigenvalue weighted by atomic mass is 16.5. The smallest absolute Gasteiger partial charge is 0.259 e. The highest BCUT2D eigenvalue weighted by Crippen LogP contribution is 2.36. The van der Waals surface area contributed by atoms with Crippen molar-refractivity contribution in [2.24, 2.45) is 5.41 Å². The van der Waals surface area contributed by atoms with E-state index in [0.717, 1.165) is 41.8 Å². The molecular weight excluding hydrogens is 554 g/mol. The first-order chi connectivity index (χ1) is 20.7. The normalized spacial score (nSPS) is 15.0. The predicted octanol–water partition coefficient (Wildman–Crippen LogP) is 6.08. The molecule has 1 aromatic heterocycles. The van der Waals surface area contributed by atoms with E-state index in [-0.39, 0.29) is 34.6 Å². The first-order valence-electron chi connectivity index (χ1n) is 15.1.